The minimum absolute atomic E-state index is 0.0338. The number of benzene rings is 1. The molecular weight excluding hydrogens is 238 g/mol. The summed E-state index contributed by atoms with van der Waals surface area (Å²) < 4.78 is 1.74. The van der Waals surface area contributed by atoms with Crippen LogP contribution < -0.4 is 0 Å². The summed E-state index contributed by atoms with van der Waals surface area (Å²) in [6.45, 7) is 8.44. The lowest BCUT2D eigenvalue weighted by atomic mass is 9.86. The normalized spacial score (nSPS) is 13.5. The third-order valence-electron chi connectivity index (χ3n) is 3.20. The molecule has 1 N–H and O–H groups in total. The SMILES string of the molecule is CCC(O)c1cn(-c2ccccc2C(C)(C)C)nn1. The van der Waals surface area contributed by atoms with Crippen LogP contribution in [0, 0.1) is 0 Å². The van der Waals surface area contributed by atoms with E-state index in [9.17, 15) is 5.11 Å². The highest BCUT2D eigenvalue weighted by Gasteiger charge is 2.19. The summed E-state index contributed by atoms with van der Waals surface area (Å²) in [6, 6.07) is 8.15. The van der Waals surface area contributed by atoms with Crippen LogP contribution in [0.1, 0.15) is 51.5 Å². The third-order valence-corrected chi connectivity index (χ3v) is 3.20. The van der Waals surface area contributed by atoms with Crippen LogP contribution in [0.25, 0.3) is 5.69 Å². The Balaban J connectivity index is 2.45. The van der Waals surface area contributed by atoms with Crippen LogP contribution >= 0.6 is 0 Å². The van der Waals surface area contributed by atoms with Crippen LogP contribution in [-0.4, -0.2) is 20.1 Å². The monoisotopic (exact) mass is 259 g/mol. The highest BCUT2D eigenvalue weighted by atomic mass is 16.3. The Morgan fingerprint density at radius 2 is 1.95 bits per heavy atom. The van der Waals surface area contributed by atoms with E-state index in [4.69, 9.17) is 0 Å². The first-order valence-electron chi connectivity index (χ1n) is 6.63. The van der Waals surface area contributed by atoms with Gasteiger partial charge in [0.2, 0.25) is 0 Å². The maximum Gasteiger partial charge on any atom is 0.112 e. The summed E-state index contributed by atoms with van der Waals surface area (Å²) in [5.74, 6) is 0. The van der Waals surface area contributed by atoms with Gasteiger partial charge in [0, 0.05) is 0 Å². The van der Waals surface area contributed by atoms with Crippen LogP contribution in [0.5, 0.6) is 0 Å². The summed E-state index contributed by atoms with van der Waals surface area (Å²) in [7, 11) is 0. The van der Waals surface area contributed by atoms with Crippen LogP contribution in [-0.2, 0) is 5.41 Å². The second kappa shape index (κ2) is 5.13. The van der Waals surface area contributed by atoms with E-state index in [1.54, 1.807) is 10.9 Å². The van der Waals surface area contributed by atoms with E-state index in [2.05, 4.69) is 37.1 Å². The molecule has 102 valence electrons. The molecule has 0 aliphatic carbocycles. The second-order valence-corrected chi connectivity index (χ2v) is 5.78. The van der Waals surface area contributed by atoms with E-state index in [0.717, 1.165) is 5.69 Å². The van der Waals surface area contributed by atoms with Gasteiger partial charge in [-0.05, 0) is 23.5 Å². The van der Waals surface area contributed by atoms with Gasteiger partial charge >= 0.3 is 0 Å². The van der Waals surface area contributed by atoms with E-state index in [0.29, 0.717) is 12.1 Å². The number of hydrogen-bond donors (Lipinski definition) is 1. The first-order chi connectivity index (χ1) is 8.93. The third kappa shape index (κ3) is 2.84. The molecule has 0 radical (unpaired) electrons. The number of aromatic nitrogens is 3. The molecule has 4 heteroatoms. The van der Waals surface area contributed by atoms with Crippen molar-refractivity contribution in [2.24, 2.45) is 0 Å². The van der Waals surface area contributed by atoms with Crippen LogP contribution in [0.3, 0.4) is 0 Å². The molecule has 0 fully saturated rings. The van der Waals surface area contributed by atoms with Crippen LogP contribution in [0.4, 0.5) is 0 Å². The Kier molecular flexibility index (Phi) is 3.71. The van der Waals surface area contributed by atoms with E-state index in [1.165, 1.54) is 5.56 Å². The Bertz CT molecular complexity index is 555. The fourth-order valence-corrected chi connectivity index (χ4v) is 2.06. The summed E-state index contributed by atoms with van der Waals surface area (Å²) in [4.78, 5) is 0. The van der Waals surface area contributed by atoms with Gasteiger partial charge in [0.15, 0.2) is 0 Å². The van der Waals surface area contributed by atoms with Crippen molar-refractivity contribution in [1.82, 2.24) is 15.0 Å². The maximum atomic E-state index is 9.80. The Hall–Kier alpha value is -1.68. The molecule has 1 unspecified atom stereocenters. The van der Waals surface area contributed by atoms with Gasteiger partial charge in [-0.15, -0.1) is 5.10 Å². The van der Waals surface area contributed by atoms with Crippen molar-refractivity contribution in [2.75, 3.05) is 0 Å². The predicted molar refractivity (Wildman–Crippen MR) is 75.3 cm³/mol. The minimum Gasteiger partial charge on any atom is -0.387 e. The van der Waals surface area contributed by atoms with E-state index >= 15 is 0 Å². The molecule has 1 aromatic heterocycles. The summed E-state index contributed by atoms with van der Waals surface area (Å²) in [6.07, 6.45) is 1.90. The van der Waals surface area contributed by atoms with Crippen molar-refractivity contribution in [1.29, 1.82) is 0 Å². The van der Waals surface area contributed by atoms with E-state index in [-0.39, 0.29) is 5.41 Å². The van der Waals surface area contributed by atoms with Crippen molar-refractivity contribution in [3.8, 4) is 5.69 Å². The summed E-state index contributed by atoms with van der Waals surface area (Å²) in [5.41, 5.74) is 2.87. The number of hydrogen-bond acceptors (Lipinski definition) is 3. The number of aliphatic hydroxyl groups excluding tert-OH is 1. The maximum absolute atomic E-state index is 9.80. The molecule has 19 heavy (non-hydrogen) atoms. The van der Waals surface area contributed by atoms with Gasteiger partial charge in [-0.2, -0.15) is 0 Å². The van der Waals surface area contributed by atoms with Gasteiger partial charge in [-0.3, -0.25) is 0 Å². The van der Waals surface area contributed by atoms with Gasteiger partial charge in [-0.25, -0.2) is 4.68 Å². The van der Waals surface area contributed by atoms with E-state index < -0.39 is 6.10 Å². The summed E-state index contributed by atoms with van der Waals surface area (Å²) in [5, 5.41) is 18.0. The van der Waals surface area contributed by atoms with Gasteiger partial charge in [0.25, 0.3) is 0 Å². The topological polar surface area (TPSA) is 50.9 Å². The minimum atomic E-state index is -0.546. The van der Waals surface area contributed by atoms with Crippen molar-refractivity contribution in [3.05, 3.63) is 41.7 Å². The highest BCUT2D eigenvalue weighted by Crippen LogP contribution is 2.28. The van der Waals surface area contributed by atoms with Crippen LogP contribution in [0.2, 0.25) is 0 Å². The number of para-hydroxylation sites is 1. The average molecular weight is 259 g/mol. The standard InChI is InChI=1S/C15H21N3O/c1-5-14(19)12-10-18(17-16-12)13-9-7-6-8-11(13)15(2,3)4/h6-10,14,19H,5H2,1-4H3. The first-order valence-corrected chi connectivity index (χ1v) is 6.63. The van der Waals surface area contributed by atoms with Crippen molar-refractivity contribution < 1.29 is 5.11 Å². The predicted octanol–water partition coefficient (Wildman–Crippen LogP) is 3.01. The molecule has 0 spiro atoms. The molecule has 1 heterocycles. The molecule has 0 aliphatic heterocycles. The molecule has 0 amide bonds. The van der Waals surface area contributed by atoms with Crippen molar-refractivity contribution >= 4 is 0 Å². The molecule has 0 saturated heterocycles. The highest BCUT2D eigenvalue weighted by molar-refractivity contribution is 5.44. The van der Waals surface area contributed by atoms with Crippen LogP contribution in [0.15, 0.2) is 30.5 Å². The zero-order chi connectivity index (χ0) is 14.0. The Morgan fingerprint density at radius 3 is 2.58 bits per heavy atom. The second-order valence-electron chi connectivity index (χ2n) is 5.78. The molecule has 0 bridgehead atoms. The zero-order valence-corrected chi connectivity index (χ0v) is 12.0. The Labute approximate surface area is 114 Å². The molecule has 1 atom stereocenters. The number of nitrogens with zero attached hydrogens (tertiary/aromatic N) is 3. The first kappa shape index (κ1) is 13.7. The van der Waals surface area contributed by atoms with Gasteiger partial charge in [-0.1, -0.05) is 51.1 Å². The summed E-state index contributed by atoms with van der Waals surface area (Å²) >= 11 is 0. The fraction of sp³-hybridized carbons (Fsp3) is 0.467. The smallest absolute Gasteiger partial charge is 0.112 e. The Morgan fingerprint density at radius 1 is 1.26 bits per heavy atom. The van der Waals surface area contributed by atoms with Crippen molar-refractivity contribution in [2.45, 2.75) is 45.6 Å². The van der Waals surface area contributed by atoms with Gasteiger partial charge in [0.05, 0.1) is 18.0 Å². The van der Waals surface area contributed by atoms with E-state index in [1.807, 2.05) is 25.1 Å². The lowest BCUT2D eigenvalue weighted by Crippen LogP contribution is -2.15. The molecule has 2 rings (SSSR count). The fourth-order valence-electron chi connectivity index (χ4n) is 2.06. The molecule has 0 saturated carbocycles. The molecular formula is C15H21N3O. The molecule has 0 aliphatic rings. The molecule has 2 aromatic rings. The number of aliphatic hydroxyl groups is 1. The molecule has 1 aromatic carbocycles. The van der Waals surface area contributed by atoms with Gasteiger partial charge in [0.1, 0.15) is 5.69 Å². The lowest BCUT2D eigenvalue weighted by Gasteiger charge is -2.22. The lowest BCUT2D eigenvalue weighted by molar-refractivity contribution is 0.169. The quantitative estimate of drug-likeness (QED) is 0.921. The largest absolute Gasteiger partial charge is 0.387 e. The average Bonchev–Trinajstić information content (AvgIpc) is 2.86. The zero-order valence-electron chi connectivity index (χ0n) is 12.0. The number of rotatable bonds is 3. The molecule has 4 nitrogen and oxygen atoms in total. The van der Waals surface area contributed by atoms with Gasteiger partial charge < -0.3 is 5.11 Å². The van der Waals surface area contributed by atoms with Crippen molar-refractivity contribution in [3.63, 3.8) is 0 Å².